The Bertz CT molecular complexity index is 289. The Morgan fingerprint density at radius 2 is 2.27 bits per heavy atom. The van der Waals surface area contributed by atoms with Crippen molar-refractivity contribution in [3.8, 4) is 5.75 Å². The monoisotopic (exact) mass is 209 g/mol. The van der Waals surface area contributed by atoms with Crippen molar-refractivity contribution in [2.45, 2.75) is 25.9 Å². The average Bonchev–Trinajstić information content (AvgIpc) is 2.24. The van der Waals surface area contributed by atoms with Gasteiger partial charge in [-0.2, -0.15) is 0 Å². The van der Waals surface area contributed by atoms with Gasteiger partial charge in [-0.05, 0) is 24.1 Å². The van der Waals surface area contributed by atoms with Crippen LogP contribution in [0.25, 0.3) is 0 Å². The predicted molar refractivity (Wildman–Crippen MR) is 60.9 cm³/mol. The van der Waals surface area contributed by atoms with E-state index in [0.717, 1.165) is 25.1 Å². The standard InChI is InChI=1S/C12H19NO2/c1-3-11(9-15-2)13-8-10-5-4-6-12(14)7-10/h4-7,11,13-14H,3,8-9H2,1-2H3. The van der Waals surface area contributed by atoms with Crippen molar-refractivity contribution >= 4 is 0 Å². The van der Waals surface area contributed by atoms with Gasteiger partial charge >= 0.3 is 0 Å². The summed E-state index contributed by atoms with van der Waals surface area (Å²) in [5.74, 6) is 0.314. The number of methoxy groups -OCH3 is 1. The van der Waals surface area contributed by atoms with Crippen LogP contribution in [0.4, 0.5) is 0 Å². The van der Waals surface area contributed by atoms with Gasteiger partial charge in [0.1, 0.15) is 5.75 Å². The molecule has 2 N–H and O–H groups in total. The number of benzene rings is 1. The Kier molecular flexibility index (Phi) is 5.15. The molecule has 0 aliphatic rings. The molecule has 0 heterocycles. The van der Waals surface area contributed by atoms with Crippen molar-refractivity contribution in [2.24, 2.45) is 0 Å². The highest BCUT2D eigenvalue weighted by Gasteiger charge is 2.04. The molecule has 1 atom stereocenters. The minimum Gasteiger partial charge on any atom is -0.508 e. The van der Waals surface area contributed by atoms with Gasteiger partial charge in [0.05, 0.1) is 6.61 Å². The Morgan fingerprint density at radius 1 is 1.47 bits per heavy atom. The molecule has 0 bridgehead atoms. The van der Waals surface area contributed by atoms with E-state index in [2.05, 4.69) is 12.2 Å². The first-order valence-electron chi connectivity index (χ1n) is 5.26. The predicted octanol–water partition coefficient (Wildman–Crippen LogP) is 1.91. The van der Waals surface area contributed by atoms with Gasteiger partial charge in [0.2, 0.25) is 0 Å². The Labute approximate surface area is 91.1 Å². The number of hydrogen-bond donors (Lipinski definition) is 2. The molecule has 0 saturated heterocycles. The second-order valence-electron chi connectivity index (χ2n) is 3.61. The second-order valence-corrected chi connectivity index (χ2v) is 3.61. The zero-order chi connectivity index (χ0) is 11.1. The third-order valence-electron chi connectivity index (χ3n) is 2.37. The zero-order valence-electron chi connectivity index (χ0n) is 9.36. The molecule has 3 heteroatoms. The summed E-state index contributed by atoms with van der Waals surface area (Å²) in [5.41, 5.74) is 1.09. The first kappa shape index (κ1) is 12.0. The molecule has 1 aromatic rings. The molecule has 0 aromatic heterocycles. The summed E-state index contributed by atoms with van der Waals surface area (Å²) in [6.07, 6.45) is 1.03. The van der Waals surface area contributed by atoms with Crippen molar-refractivity contribution in [1.29, 1.82) is 0 Å². The minimum absolute atomic E-state index is 0.314. The number of ether oxygens (including phenoxy) is 1. The molecule has 1 rings (SSSR count). The molecule has 0 aliphatic heterocycles. The topological polar surface area (TPSA) is 41.5 Å². The van der Waals surface area contributed by atoms with E-state index in [4.69, 9.17) is 4.74 Å². The van der Waals surface area contributed by atoms with Crippen LogP contribution in [-0.4, -0.2) is 24.9 Å². The third kappa shape index (κ3) is 4.32. The molecular weight excluding hydrogens is 190 g/mol. The van der Waals surface area contributed by atoms with Crippen molar-refractivity contribution in [3.05, 3.63) is 29.8 Å². The van der Waals surface area contributed by atoms with Crippen molar-refractivity contribution in [1.82, 2.24) is 5.32 Å². The smallest absolute Gasteiger partial charge is 0.115 e. The van der Waals surface area contributed by atoms with Gasteiger partial charge in [-0.15, -0.1) is 0 Å². The summed E-state index contributed by atoms with van der Waals surface area (Å²) in [6.45, 7) is 3.60. The maximum Gasteiger partial charge on any atom is 0.115 e. The molecule has 0 spiro atoms. The fourth-order valence-electron chi connectivity index (χ4n) is 1.45. The van der Waals surface area contributed by atoms with Crippen LogP contribution in [0.15, 0.2) is 24.3 Å². The zero-order valence-corrected chi connectivity index (χ0v) is 9.36. The van der Waals surface area contributed by atoms with E-state index in [1.54, 1.807) is 19.2 Å². The molecule has 0 aliphatic carbocycles. The van der Waals surface area contributed by atoms with E-state index in [-0.39, 0.29) is 0 Å². The maximum absolute atomic E-state index is 9.29. The molecular formula is C12H19NO2. The molecule has 0 amide bonds. The molecule has 1 unspecified atom stereocenters. The maximum atomic E-state index is 9.29. The van der Waals surface area contributed by atoms with Gasteiger partial charge in [0.25, 0.3) is 0 Å². The fourth-order valence-corrected chi connectivity index (χ4v) is 1.45. The largest absolute Gasteiger partial charge is 0.508 e. The van der Waals surface area contributed by atoms with E-state index < -0.39 is 0 Å². The number of phenolic OH excluding ortho intramolecular Hbond substituents is 1. The lowest BCUT2D eigenvalue weighted by Crippen LogP contribution is -2.31. The number of aromatic hydroxyl groups is 1. The Balaban J connectivity index is 2.41. The molecule has 0 saturated carbocycles. The summed E-state index contributed by atoms with van der Waals surface area (Å²) in [7, 11) is 1.71. The molecule has 0 radical (unpaired) electrons. The third-order valence-corrected chi connectivity index (χ3v) is 2.37. The molecule has 3 nitrogen and oxygen atoms in total. The molecule has 15 heavy (non-hydrogen) atoms. The summed E-state index contributed by atoms with van der Waals surface area (Å²) < 4.78 is 5.10. The van der Waals surface area contributed by atoms with Crippen LogP contribution >= 0.6 is 0 Å². The van der Waals surface area contributed by atoms with Gasteiger partial charge in [-0.1, -0.05) is 19.1 Å². The van der Waals surface area contributed by atoms with Gasteiger partial charge in [0, 0.05) is 19.7 Å². The number of hydrogen-bond acceptors (Lipinski definition) is 3. The van der Waals surface area contributed by atoms with E-state index in [1.807, 2.05) is 12.1 Å². The first-order valence-corrected chi connectivity index (χ1v) is 5.26. The molecule has 84 valence electrons. The lowest BCUT2D eigenvalue weighted by Gasteiger charge is -2.15. The normalized spacial score (nSPS) is 12.7. The molecule has 0 fully saturated rings. The minimum atomic E-state index is 0.314. The van der Waals surface area contributed by atoms with Crippen LogP contribution in [-0.2, 0) is 11.3 Å². The van der Waals surface area contributed by atoms with E-state index in [9.17, 15) is 5.11 Å². The quantitative estimate of drug-likeness (QED) is 0.752. The Morgan fingerprint density at radius 3 is 2.87 bits per heavy atom. The van der Waals surface area contributed by atoms with Crippen LogP contribution in [0.3, 0.4) is 0 Å². The lowest BCUT2D eigenvalue weighted by molar-refractivity contribution is 0.164. The highest BCUT2D eigenvalue weighted by molar-refractivity contribution is 5.26. The van der Waals surface area contributed by atoms with Crippen LogP contribution in [0.1, 0.15) is 18.9 Å². The second kappa shape index (κ2) is 6.43. The van der Waals surface area contributed by atoms with Crippen molar-refractivity contribution in [2.75, 3.05) is 13.7 Å². The first-order chi connectivity index (χ1) is 7.26. The summed E-state index contributed by atoms with van der Waals surface area (Å²) >= 11 is 0. The fraction of sp³-hybridized carbons (Fsp3) is 0.500. The van der Waals surface area contributed by atoms with E-state index >= 15 is 0 Å². The number of rotatable bonds is 6. The lowest BCUT2D eigenvalue weighted by atomic mass is 10.2. The average molecular weight is 209 g/mol. The number of nitrogens with one attached hydrogen (secondary N) is 1. The van der Waals surface area contributed by atoms with Gasteiger partial charge < -0.3 is 15.2 Å². The number of phenols is 1. The van der Waals surface area contributed by atoms with Crippen LogP contribution in [0, 0.1) is 0 Å². The van der Waals surface area contributed by atoms with Crippen molar-refractivity contribution in [3.63, 3.8) is 0 Å². The van der Waals surface area contributed by atoms with Gasteiger partial charge in [-0.3, -0.25) is 0 Å². The summed E-state index contributed by atoms with van der Waals surface area (Å²) in [6, 6.07) is 7.66. The van der Waals surface area contributed by atoms with Crippen LogP contribution in [0.2, 0.25) is 0 Å². The highest BCUT2D eigenvalue weighted by atomic mass is 16.5. The van der Waals surface area contributed by atoms with Gasteiger partial charge in [-0.25, -0.2) is 0 Å². The Hall–Kier alpha value is -1.06. The van der Waals surface area contributed by atoms with Crippen LogP contribution < -0.4 is 5.32 Å². The summed E-state index contributed by atoms with van der Waals surface area (Å²) in [4.78, 5) is 0. The van der Waals surface area contributed by atoms with Gasteiger partial charge in [0.15, 0.2) is 0 Å². The highest BCUT2D eigenvalue weighted by Crippen LogP contribution is 2.10. The van der Waals surface area contributed by atoms with E-state index in [0.29, 0.717) is 11.8 Å². The molecule has 1 aromatic carbocycles. The van der Waals surface area contributed by atoms with Crippen molar-refractivity contribution < 1.29 is 9.84 Å². The summed E-state index contributed by atoms with van der Waals surface area (Å²) in [5, 5.41) is 12.7. The SMILES string of the molecule is CCC(COC)NCc1cccc(O)c1. The van der Waals surface area contributed by atoms with E-state index in [1.165, 1.54) is 0 Å². The van der Waals surface area contributed by atoms with Crippen LogP contribution in [0.5, 0.6) is 5.75 Å².